The molecular formula is C21H22ClN3O2. The van der Waals surface area contributed by atoms with E-state index in [0.717, 1.165) is 41.0 Å². The Bertz CT molecular complexity index is 1070. The van der Waals surface area contributed by atoms with Crippen molar-refractivity contribution in [3.63, 3.8) is 0 Å². The molecule has 0 spiro atoms. The van der Waals surface area contributed by atoms with E-state index in [2.05, 4.69) is 23.7 Å². The minimum absolute atomic E-state index is 0.317. The predicted molar refractivity (Wildman–Crippen MR) is 106 cm³/mol. The molecule has 0 N–H and O–H groups in total. The van der Waals surface area contributed by atoms with Crippen LogP contribution in [0.1, 0.15) is 48.0 Å². The van der Waals surface area contributed by atoms with Crippen LogP contribution in [0.15, 0.2) is 33.6 Å². The van der Waals surface area contributed by atoms with E-state index in [1.165, 1.54) is 0 Å². The lowest BCUT2D eigenvalue weighted by Gasteiger charge is -2.28. The molecule has 5 nitrogen and oxygen atoms in total. The smallest absolute Gasteiger partial charge is 0.342 e. The average molecular weight is 384 g/mol. The third-order valence-corrected chi connectivity index (χ3v) is 5.45. The maximum atomic E-state index is 12.5. The van der Waals surface area contributed by atoms with Crippen LogP contribution in [0.4, 0.5) is 0 Å². The summed E-state index contributed by atoms with van der Waals surface area (Å²) >= 11 is 6.58. The topological polar surface area (TPSA) is 59.2 Å². The van der Waals surface area contributed by atoms with Gasteiger partial charge in [0.25, 0.3) is 0 Å². The minimum atomic E-state index is -0.367. The Morgan fingerprint density at radius 2 is 2.15 bits per heavy atom. The second-order valence-electron chi connectivity index (χ2n) is 7.50. The van der Waals surface area contributed by atoms with Crippen molar-refractivity contribution in [1.82, 2.24) is 14.9 Å². The quantitative estimate of drug-likeness (QED) is 0.633. The fraction of sp³-hybridized carbons (Fsp3) is 0.381. The second kappa shape index (κ2) is 7.06. The molecule has 2 aromatic heterocycles. The highest BCUT2D eigenvalue weighted by Crippen LogP contribution is 2.28. The number of nitrogens with zero attached hydrogens (tertiary/aromatic N) is 3. The van der Waals surface area contributed by atoms with Gasteiger partial charge in [-0.1, -0.05) is 37.1 Å². The van der Waals surface area contributed by atoms with E-state index >= 15 is 0 Å². The molecule has 0 amide bonds. The number of aromatic nitrogens is 2. The van der Waals surface area contributed by atoms with Crippen molar-refractivity contribution >= 4 is 22.6 Å². The van der Waals surface area contributed by atoms with Crippen molar-refractivity contribution in [2.24, 2.45) is 0 Å². The first kappa shape index (κ1) is 18.1. The zero-order chi connectivity index (χ0) is 19.1. The van der Waals surface area contributed by atoms with Crippen molar-refractivity contribution in [2.45, 2.75) is 46.2 Å². The van der Waals surface area contributed by atoms with Crippen LogP contribution in [0.2, 0.25) is 5.02 Å². The molecule has 0 saturated carbocycles. The van der Waals surface area contributed by atoms with E-state index in [9.17, 15) is 4.79 Å². The monoisotopic (exact) mass is 383 g/mol. The van der Waals surface area contributed by atoms with Crippen LogP contribution in [0.3, 0.4) is 0 Å². The fourth-order valence-electron chi connectivity index (χ4n) is 3.48. The highest BCUT2D eigenvalue weighted by molar-refractivity contribution is 6.36. The van der Waals surface area contributed by atoms with Gasteiger partial charge in [0.1, 0.15) is 11.4 Å². The van der Waals surface area contributed by atoms with Gasteiger partial charge in [-0.3, -0.25) is 4.90 Å². The van der Waals surface area contributed by atoms with Crippen molar-refractivity contribution in [3.8, 4) is 0 Å². The number of rotatable bonds is 3. The Kier molecular flexibility index (Phi) is 4.74. The van der Waals surface area contributed by atoms with Gasteiger partial charge >= 0.3 is 5.63 Å². The van der Waals surface area contributed by atoms with Gasteiger partial charge in [0.2, 0.25) is 0 Å². The van der Waals surface area contributed by atoms with E-state index in [-0.39, 0.29) is 5.63 Å². The SMILES string of the molecule is Cc1ccc2oc(=O)c(CN3CCc4nc(C(C)C)ncc4C3)c(Cl)c2c1. The first-order valence-electron chi connectivity index (χ1n) is 9.21. The van der Waals surface area contributed by atoms with E-state index in [4.69, 9.17) is 21.0 Å². The number of halogens is 1. The first-order valence-corrected chi connectivity index (χ1v) is 9.59. The van der Waals surface area contributed by atoms with Gasteiger partial charge in [0.15, 0.2) is 0 Å². The summed E-state index contributed by atoms with van der Waals surface area (Å²) < 4.78 is 5.49. The van der Waals surface area contributed by atoms with Crippen molar-refractivity contribution in [1.29, 1.82) is 0 Å². The summed E-state index contributed by atoms with van der Waals surface area (Å²) in [5, 5.41) is 1.27. The molecule has 6 heteroatoms. The van der Waals surface area contributed by atoms with Crippen LogP contribution < -0.4 is 5.63 Å². The summed E-state index contributed by atoms with van der Waals surface area (Å²) in [4.78, 5) is 23.8. The summed E-state index contributed by atoms with van der Waals surface area (Å²) in [5.74, 6) is 1.20. The van der Waals surface area contributed by atoms with Crippen LogP contribution >= 0.6 is 11.6 Å². The molecule has 4 rings (SSSR count). The molecule has 3 aromatic rings. The largest absolute Gasteiger partial charge is 0.422 e. The summed E-state index contributed by atoms with van der Waals surface area (Å²) in [5.41, 5.74) is 3.97. The Balaban J connectivity index is 1.63. The highest BCUT2D eigenvalue weighted by atomic mass is 35.5. The van der Waals surface area contributed by atoms with Gasteiger partial charge in [-0.2, -0.15) is 0 Å². The van der Waals surface area contributed by atoms with E-state index in [0.29, 0.717) is 35.2 Å². The van der Waals surface area contributed by atoms with Crippen LogP contribution in [0.5, 0.6) is 0 Å². The number of fused-ring (bicyclic) bond motifs is 2. The second-order valence-corrected chi connectivity index (χ2v) is 7.88. The summed E-state index contributed by atoms with van der Waals surface area (Å²) in [6.45, 7) is 8.17. The van der Waals surface area contributed by atoms with Crippen LogP contribution in [0.25, 0.3) is 11.0 Å². The van der Waals surface area contributed by atoms with Gasteiger partial charge in [-0.25, -0.2) is 14.8 Å². The van der Waals surface area contributed by atoms with E-state index < -0.39 is 0 Å². The molecular weight excluding hydrogens is 362 g/mol. The molecule has 0 aliphatic carbocycles. The summed E-state index contributed by atoms with van der Waals surface area (Å²) in [7, 11) is 0. The Labute approximate surface area is 163 Å². The fourth-order valence-corrected chi connectivity index (χ4v) is 3.76. The van der Waals surface area contributed by atoms with Crippen LogP contribution in [-0.2, 0) is 19.5 Å². The lowest BCUT2D eigenvalue weighted by atomic mass is 10.1. The highest BCUT2D eigenvalue weighted by Gasteiger charge is 2.22. The number of hydrogen-bond acceptors (Lipinski definition) is 5. The van der Waals surface area contributed by atoms with Crippen molar-refractivity contribution < 1.29 is 4.42 Å². The summed E-state index contributed by atoms with van der Waals surface area (Å²) in [6.07, 6.45) is 2.75. The van der Waals surface area contributed by atoms with E-state index in [1.807, 2.05) is 25.3 Å². The number of hydrogen-bond donors (Lipinski definition) is 0. The van der Waals surface area contributed by atoms with Crippen molar-refractivity contribution in [2.75, 3.05) is 6.54 Å². The average Bonchev–Trinajstić information content (AvgIpc) is 2.65. The molecule has 0 unspecified atom stereocenters. The molecule has 0 saturated heterocycles. The summed E-state index contributed by atoms with van der Waals surface area (Å²) in [6, 6.07) is 5.66. The Morgan fingerprint density at radius 3 is 2.93 bits per heavy atom. The maximum Gasteiger partial charge on any atom is 0.342 e. The van der Waals surface area contributed by atoms with Gasteiger partial charge in [-0.05, 0) is 19.1 Å². The predicted octanol–water partition coefficient (Wildman–Crippen LogP) is 4.23. The van der Waals surface area contributed by atoms with Gasteiger partial charge < -0.3 is 4.42 Å². The van der Waals surface area contributed by atoms with Gasteiger partial charge in [0.05, 0.1) is 10.6 Å². The Hall–Kier alpha value is -2.24. The number of benzene rings is 1. The molecule has 0 atom stereocenters. The molecule has 0 bridgehead atoms. The van der Waals surface area contributed by atoms with Crippen LogP contribution in [-0.4, -0.2) is 21.4 Å². The lowest BCUT2D eigenvalue weighted by Crippen LogP contribution is -2.33. The zero-order valence-corrected chi connectivity index (χ0v) is 16.5. The third-order valence-electron chi connectivity index (χ3n) is 5.02. The molecule has 1 aromatic carbocycles. The molecule has 1 aliphatic heterocycles. The third kappa shape index (κ3) is 3.49. The Morgan fingerprint density at radius 1 is 1.33 bits per heavy atom. The van der Waals surface area contributed by atoms with Crippen molar-refractivity contribution in [3.05, 3.63) is 68.0 Å². The first-order chi connectivity index (χ1) is 12.9. The van der Waals surface area contributed by atoms with Gasteiger partial charge in [-0.15, -0.1) is 0 Å². The normalized spacial score (nSPS) is 14.7. The minimum Gasteiger partial charge on any atom is -0.422 e. The zero-order valence-electron chi connectivity index (χ0n) is 15.8. The van der Waals surface area contributed by atoms with Crippen LogP contribution in [0, 0.1) is 6.92 Å². The molecule has 140 valence electrons. The molecule has 0 fully saturated rings. The standard InChI is InChI=1S/C21H22ClN3O2/c1-12(2)20-23-9-14-10-25(7-6-17(14)24-20)11-16-19(22)15-8-13(3)4-5-18(15)27-21(16)26/h4-5,8-9,12H,6-7,10-11H2,1-3H3. The van der Waals surface area contributed by atoms with E-state index in [1.54, 1.807) is 6.07 Å². The molecule has 1 aliphatic rings. The number of aryl methyl sites for hydroxylation is 1. The molecule has 27 heavy (non-hydrogen) atoms. The molecule has 0 radical (unpaired) electrons. The molecule has 3 heterocycles. The lowest BCUT2D eigenvalue weighted by molar-refractivity contribution is 0.239. The maximum absolute atomic E-state index is 12.5. The van der Waals surface area contributed by atoms with Gasteiger partial charge in [0, 0.05) is 54.8 Å².